The van der Waals surface area contributed by atoms with E-state index in [1.807, 2.05) is 0 Å². The summed E-state index contributed by atoms with van der Waals surface area (Å²) in [4.78, 5) is 11.3. The summed E-state index contributed by atoms with van der Waals surface area (Å²) in [5.74, 6) is 0.0826. The lowest BCUT2D eigenvalue weighted by molar-refractivity contribution is -0.121. The molecule has 2 nitrogen and oxygen atoms in total. The van der Waals surface area contributed by atoms with Crippen molar-refractivity contribution >= 4 is 5.78 Å². The van der Waals surface area contributed by atoms with Gasteiger partial charge >= 0.3 is 0 Å². The van der Waals surface area contributed by atoms with Crippen LogP contribution in [0.2, 0.25) is 0 Å². The predicted octanol–water partition coefficient (Wildman–Crippen LogP) is 3.05. The average molecular weight is 222 g/mol. The molecule has 0 unspecified atom stereocenters. The second-order valence-corrected chi connectivity index (χ2v) is 4.82. The van der Waals surface area contributed by atoms with Crippen LogP contribution < -0.4 is 0 Å². The van der Waals surface area contributed by atoms with Crippen molar-refractivity contribution < 1.29 is 18.3 Å². The van der Waals surface area contributed by atoms with Crippen molar-refractivity contribution in [3.8, 4) is 0 Å². The zero-order valence-corrected chi connectivity index (χ0v) is 9.69. The first kappa shape index (κ1) is 14.5. The van der Waals surface area contributed by atoms with E-state index in [1.54, 1.807) is 0 Å². The quantitative estimate of drug-likeness (QED) is 0.619. The summed E-state index contributed by atoms with van der Waals surface area (Å²) in [5, 5.41) is 0. The van der Waals surface area contributed by atoms with Crippen molar-refractivity contribution in [2.75, 3.05) is 13.2 Å². The fraction of sp³-hybridized carbons (Fsp3) is 0.909. The van der Waals surface area contributed by atoms with Gasteiger partial charge in [0.25, 0.3) is 6.43 Å². The lowest BCUT2D eigenvalue weighted by atomic mass is 9.89. The van der Waals surface area contributed by atoms with Gasteiger partial charge in [-0.1, -0.05) is 20.8 Å². The molecule has 0 saturated heterocycles. The van der Waals surface area contributed by atoms with Gasteiger partial charge in [-0.2, -0.15) is 0 Å². The zero-order valence-electron chi connectivity index (χ0n) is 9.69. The molecule has 0 aromatic rings. The number of alkyl halides is 2. The van der Waals surface area contributed by atoms with Gasteiger partial charge in [0.1, 0.15) is 12.4 Å². The maximum absolute atomic E-state index is 11.7. The molecule has 0 aliphatic heterocycles. The molecule has 0 aromatic heterocycles. The molecule has 0 fully saturated rings. The number of hydrogen-bond donors (Lipinski definition) is 0. The Morgan fingerprint density at radius 3 is 2.33 bits per heavy atom. The SMILES string of the molecule is CC(C)(C)CCC(=O)CCOCC(F)F. The summed E-state index contributed by atoms with van der Waals surface area (Å²) in [6.45, 7) is 5.72. The molecule has 0 N–H and O–H groups in total. The number of halogens is 2. The average Bonchev–Trinajstić information content (AvgIpc) is 2.07. The van der Waals surface area contributed by atoms with E-state index in [0.29, 0.717) is 6.42 Å². The molecule has 0 spiro atoms. The first-order valence-corrected chi connectivity index (χ1v) is 5.19. The minimum atomic E-state index is -2.45. The summed E-state index contributed by atoms with van der Waals surface area (Å²) in [7, 11) is 0. The second kappa shape index (κ2) is 6.88. The molecule has 0 heterocycles. The Bertz CT molecular complexity index is 186. The Hall–Kier alpha value is -0.510. The Labute approximate surface area is 90.0 Å². The van der Waals surface area contributed by atoms with E-state index >= 15 is 0 Å². The van der Waals surface area contributed by atoms with Gasteiger partial charge in [-0.05, 0) is 11.8 Å². The maximum atomic E-state index is 11.7. The molecule has 0 aliphatic rings. The summed E-state index contributed by atoms with van der Waals surface area (Å²) < 4.78 is 27.9. The molecular formula is C11H20F2O2. The fourth-order valence-electron chi connectivity index (χ4n) is 0.998. The summed E-state index contributed by atoms with van der Waals surface area (Å²) in [5.41, 5.74) is 0.138. The minimum absolute atomic E-state index is 0.0826. The van der Waals surface area contributed by atoms with Crippen LogP contribution in [0.3, 0.4) is 0 Å². The van der Waals surface area contributed by atoms with Gasteiger partial charge in [0, 0.05) is 12.8 Å². The normalized spacial score (nSPS) is 12.1. The van der Waals surface area contributed by atoms with E-state index < -0.39 is 13.0 Å². The van der Waals surface area contributed by atoms with Crippen LogP contribution in [0, 0.1) is 5.41 Å². The van der Waals surface area contributed by atoms with Gasteiger partial charge in [0.05, 0.1) is 6.61 Å². The standard InChI is InChI=1S/C11H20F2O2/c1-11(2,3)6-4-9(14)5-7-15-8-10(12)13/h10H,4-8H2,1-3H3. The van der Waals surface area contributed by atoms with Gasteiger partial charge < -0.3 is 4.74 Å². The molecule has 90 valence electrons. The number of hydrogen-bond acceptors (Lipinski definition) is 2. The van der Waals surface area contributed by atoms with Gasteiger partial charge in [0.15, 0.2) is 0 Å². The van der Waals surface area contributed by atoms with E-state index in [4.69, 9.17) is 0 Å². The molecular weight excluding hydrogens is 202 g/mol. The molecule has 15 heavy (non-hydrogen) atoms. The zero-order chi connectivity index (χ0) is 11.9. The number of rotatable bonds is 7. The molecule has 0 rings (SSSR count). The van der Waals surface area contributed by atoms with Gasteiger partial charge in [0.2, 0.25) is 0 Å². The van der Waals surface area contributed by atoms with Crippen LogP contribution in [0.15, 0.2) is 0 Å². The molecule has 0 amide bonds. The van der Waals surface area contributed by atoms with Gasteiger partial charge in [-0.25, -0.2) is 8.78 Å². The third-order valence-corrected chi connectivity index (χ3v) is 1.92. The maximum Gasteiger partial charge on any atom is 0.261 e. The van der Waals surface area contributed by atoms with Crippen molar-refractivity contribution in [1.82, 2.24) is 0 Å². The summed E-state index contributed by atoms with van der Waals surface area (Å²) >= 11 is 0. The van der Waals surface area contributed by atoms with Crippen LogP contribution in [-0.2, 0) is 9.53 Å². The molecule has 4 heteroatoms. The molecule has 0 atom stereocenters. The predicted molar refractivity (Wildman–Crippen MR) is 55.1 cm³/mol. The Morgan fingerprint density at radius 2 is 1.87 bits per heavy atom. The van der Waals surface area contributed by atoms with Crippen LogP contribution >= 0.6 is 0 Å². The monoisotopic (exact) mass is 222 g/mol. The topological polar surface area (TPSA) is 26.3 Å². The van der Waals surface area contributed by atoms with Crippen LogP contribution in [0.25, 0.3) is 0 Å². The van der Waals surface area contributed by atoms with E-state index in [9.17, 15) is 13.6 Å². The van der Waals surface area contributed by atoms with Crippen molar-refractivity contribution in [2.24, 2.45) is 5.41 Å². The molecule has 0 radical (unpaired) electrons. The Kier molecular flexibility index (Phi) is 6.65. The van der Waals surface area contributed by atoms with Crippen LogP contribution in [0.1, 0.15) is 40.0 Å². The molecule has 0 aliphatic carbocycles. The van der Waals surface area contributed by atoms with Gasteiger partial charge in [-0.15, -0.1) is 0 Å². The smallest absolute Gasteiger partial charge is 0.261 e. The first-order chi connectivity index (χ1) is 6.81. The van der Waals surface area contributed by atoms with E-state index in [-0.39, 0.29) is 24.2 Å². The number of ether oxygens (including phenoxy) is 1. The summed E-state index contributed by atoms with van der Waals surface area (Å²) in [6.07, 6.45) is -0.889. The molecule has 0 saturated carbocycles. The number of Topliss-reactive ketones (excluding diaryl/α,β-unsaturated/α-hetero) is 1. The molecule has 0 aromatic carbocycles. The lowest BCUT2D eigenvalue weighted by Crippen LogP contribution is -2.12. The van der Waals surface area contributed by atoms with E-state index in [1.165, 1.54) is 0 Å². The van der Waals surface area contributed by atoms with Crippen LogP contribution in [-0.4, -0.2) is 25.4 Å². The highest BCUT2D eigenvalue weighted by atomic mass is 19.3. The molecule has 0 bridgehead atoms. The number of carbonyl (C=O) groups excluding carboxylic acids is 1. The second-order valence-electron chi connectivity index (χ2n) is 4.82. The van der Waals surface area contributed by atoms with Crippen molar-refractivity contribution in [3.05, 3.63) is 0 Å². The largest absolute Gasteiger partial charge is 0.375 e. The van der Waals surface area contributed by atoms with E-state index in [2.05, 4.69) is 25.5 Å². The van der Waals surface area contributed by atoms with Crippen molar-refractivity contribution in [1.29, 1.82) is 0 Å². The van der Waals surface area contributed by atoms with Crippen molar-refractivity contribution in [3.63, 3.8) is 0 Å². The van der Waals surface area contributed by atoms with Crippen LogP contribution in [0.5, 0.6) is 0 Å². The third kappa shape index (κ3) is 11.4. The van der Waals surface area contributed by atoms with Crippen molar-refractivity contribution in [2.45, 2.75) is 46.5 Å². The first-order valence-electron chi connectivity index (χ1n) is 5.19. The van der Waals surface area contributed by atoms with Gasteiger partial charge in [-0.3, -0.25) is 4.79 Å². The highest BCUT2D eigenvalue weighted by molar-refractivity contribution is 5.78. The Morgan fingerprint density at radius 1 is 1.27 bits per heavy atom. The number of carbonyl (C=O) groups is 1. The Balaban J connectivity index is 3.42. The third-order valence-electron chi connectivity index (χ3n) is 1.92. The summed E-state index contributed by atoms with van der Waals surface area (Å²) in [6, 6.07) is 0. The highest BCUT2D eigenvalue weighted by Crippen LogP contribution is 2.20. The minimum Gasteiger partial charge on any atom is -0.375 e. The number of ketones is 1. The fourth-order valence-corrected chi connectivity index (χ4v) is 0.998. The van der Waals surface area contributed by atoms with E-state index in [0.717, 1.165) is 6.42 Å². The van der Waals surface area contributed by atoms with Crippen LogP contribution in [0.4, 0.5) is 8.78 Å². The highest BCUT2D eigenvalue weighted by Gasteiger charge is 2.12. The lowest BCUT2D eigenvalue weighted by Gasteiger charge is -2.16.